The van der Waals surface area contributed by atoms with Gasteiger partial charge < -0.3 is 19.1 Å². The van der Waals surface area contributed by atoms with E-state index >= 15 is 0 Å². The second-order valence-electron chi connectivity index (χ2n) is 8.83. The van der Waals surface area contributed by atoms with Gasteiger partial charge in [0.2, 0.25) is 0 Å². The summed E-state index contributed by atoms with van der Waals surface area (Å²) in [6.07, 6.45) is 10.4. The summed E-state index contributed by atoms with van der Waals surface area (Å²) in [6.45, 7) is 7.34. The van der Waals surface area contributed by atoms with Crippen LogP contribution in [0.4, 0.5) is 0 Å². The van der Waals surface area contributed by atoms with Gasteiger partial charge in [0.25, 0.3) is 0 Å². The topological polar surface area (TPSA) is 56.7 Å². The van der Waals surface area contributed by atoms with Crippen LogP contribution in [-0.4, -0.2) is 48.3 Å². The van der Waals surface area contributed by atoms with E-state index in [2.05, 4.69) is 28.6 Å². The van der Waals surface area contributed by atoms with Crippen molar-refractivity contribution in [3.63, 3.8) is 0 Å². The molecule has 3 aromatic rings. The standard InChI is InChI=1S/C28H32ClN3O3/c1-5-9-25(32(3)4)22-14-19(2)31-28-21(22)11-8-12-26(28)35-18-23-24(29)15-30-16-27(23)34-17-20-10-6-7-13-33-20/h5,8-9,11-12,14-16,20H,1,6-7,10,13,17-18H2,2-4H3/b25-9-. The highest BCUT2D eigenvalue weighted by atomic mass is 35.5. The summed E-state index contributed by atoms with van der Waals surface area (Å²) in [5.74, 6) is 1.29. The number of hydrogen-bond donors (Lipinski definition) is 0. The quantitative estimate of drug-likeness (QED) is 0.330. The SMILES string of the molecule is C=C/C=C(/c1cc(C)nc2c(OCc3c(Cl)cncc3OCC3CCCCO3)cccc12)N(C)C. The average molecular weight is 494 g/mol. The number of benzene rings is 1. The molecule has 35 heavy (non-hydrogen) atoms. The van der Waals surface area contributed by atoms with Crippen molar-refractivity contribution in [2.45, 2.75) is 38.9 Å². The van der Waals surface area contributed by atoms with Crippen molar-refractivity contribution < 1.29 is 14.2 Å². The van der Waals surface area contributed by atoms with Gasteiger partial charge >= 0.3 is 0 Å². The van der Waals surface area contributed by atoms with Crippen molar-refractivity contribution in [1.82, 2.24) is 14.9 Å². The van der Waals surface area contributed by atoms with E-state index in [4.69, 9.17) is 30.8 Å². The first kappa shape index (κ1) is 25.0. The summed E-state index contributed by atoms with van der Waals surface area (Å²) in [5.41, 5.74) is 4.57. The number of pyridine rings is 2. The van der Waals surface area contributed by atoms with Gasteiger partial charge in [-0.25, -0.2) is 4.98 Å². The van der Waals surface area contributed by atoms with Gasteiger partial charge in [0.1, 0.15) is 30.2 Å². The molecule has 1 atom stereocenters. The molecule has 1 aliphatic rings. The number of rotatable bonds is 9. The zero-order valence-corrected chi connectivity index (χ0v) is 21.3. The summed E-state index contributed by atoms with van der Waals surface area (Å²) < 4.78 is 18.1. The summed E-state index contributed by atoms with van der Waals surface area (Å²) in [6, 6.07) is 8.05. The Bertz CT molecular complexity index is 1220. The minimum absolute atomic E-state index is 0.0923. The smallest absolute Gasteiger partial charge is 0.146 e. The number of aryl methyl sites for hydroxylation is 1. The molecule has 1 aliphatic heterocycles. The predicted molar refractivity (Wildman–Crippen MR) is 141 cm³/mol. The number of nitrogens with zero attached hydrogens (tertiary/aromatic N) is 3. The molecule has 184 valence electrons. The van der Waals surface area contributed by atoms with E-state index in [-0.39, 0.29) is 12.7 Å². The molecule has 0 bridgehead atoms. The van der Waals surface area contributed by atoms with Crippen LogP contribution in [0.2, 0.25) is 5.02 Å². The van der Waals surface area contributed by atoms with Crippen molar-refractivity contribution in [1.29, 1.82) is 0 Å². The van der Waals surface area contributed by atoms with Crippen LogP contribution in [0.1, 0.15) is 36.1 Å². The fraction of sp³-hybridized carbons (Fsp3) is 0.357. The second-order valence-corrected chi connectivity index (χ2v) is 9.24. The third kappa shape index (κ3) is 5.95. The Morgan fingerprint density at radius 2 is 2.09 bits per heavy atom. The van der Waals surface area contributed by atoms with Gasteiger partial charge in [-0.2, -0.15) is 0 Å². The Morgan fingerprint density at radius 1 is 1.23 bits per heavy atom. The summed E-state index contributed by atoms with van der Waals surface area (Å²) in [7, 11) is 4.03. The van der Waals surface area contributed by atoms with Crippen LogP contribution < -0.4 is 9.47 Å². The first-order chi connectivity index (χ1) is 17.0. The fourth-order valence-electron chi connectivity index (χ4n) is 4.25. The van der Waals surface area contributed by atoms with Crippen LogP contribution in [0.5, 0.6) is 11.5 Å². The lowest BCUT2D eigenvalue weighted by molar-refractivity contribution is -0.0114. The van der Waals surface area contributed by atoms with Gasteiger partial charge in [-0.1, -0.05) is 36.4 Å². The molecular weight excluding hydrogens is 462 g/mol. The van der Waals surface area contributed by atoms with Crippen molar-refractivity contribution in [2.75, 3.05) is 27.3 Å². The normalized spacial score (nSPS) is 16.2. The highest BCUT2D eigenvalue weighted by Crippen LogP contribution is 2.33. The minimum Gasteiger partial charge on any atom is -0.489 e. The molecule has 0 N–H and O–H groups in total. The van der Waals surface area contributed by atoms with Gasteiger partial charge in [-0.05, 0) is 44.4 Å². The Hall–Kier alpha value is -3.09. The molecule has 0 saturated carbocycles. The molecular formula is C28H32ClN3O3. The summed E-state index contributed by atoms with van der Waals surface area (Å²) in [4.78, 5) is 11.1. The van der Waals surface area contributed by atoms with Gasteiger partial charge in [-0.15, -0.1) is 0 Å². The molecule has 0 radical (unpaired) electrons. The summed E-state index contributed by atoms with van der Waals surface area (Å²) >= 11 is 6.51. The zero-order chi connectivity index (χ0) is 24.8. The third-order valence-electron chi connectivity index (χ3n) is 6.00. The molecule has 0 amide bonds. The molecule has 1 unspecified atom stereocenters. The van der Waals surface area contributed by atoms with Gasteiger partial charge in [0.05, 0.1) is 22.9 Å². The molecule has 1 fully saturated rings. The Kier molecular flexibility index (Phi) is 8.26. The zero-order valence-electron chi connectivity index (χ0n) is 20.6. The lowest BCUT2D eigenvalue weighted by atomic mass is 10.0. The number of halogens is 1. The van der Waals surface area contributed by atoms with Crippen LogP contribution in [-0.2, 0) is 11.3 Å². The number of hydrogen-bond acceptors (Lipinski definition) is 6. The molecule has 1 aromatic carbocycles. The van der Waals surface area contributed by atoms with E-state index < -0.39 is 0 Å². The molecule has 4 rings (SSSR count). The monoisotopic (exact) mass is 493 g/mol. The third-order valence-corrected chi connectivity index (χ3v) is 6.33. The molecule has 0 aliphatic carbocycles. The van der Waals surface area contributed by atoms with Crippen LogP contribution in [0.3, 0.4) is 0 Å². The Labute approximate surface area is 212 Å². The predicted octanol–water partition coefficient (Wildman–Crippen LogP) is 6.21. The van der Waals surface area contributed by atoms with Crippen molar-refractivity contribution >= 4 is 28.2 Å². The van der Waals surface area contributed by atoms with Gasteiger partial charge in [0.15, 0.2) is 0 Å². The van der Waals surface area contributed by atoms with E-state index in [0.29, 0.717) is 23.1 Å². The van der Waals surface area contributed by atoms with E-state index in [9.17, 15) is 0 Å². The lowest BCUT2D eigenvalue weighted by Gasteiger charge is -2.23. The highest BCUT2D eigenvalue weighted by Gasteiger charge is 2.18. The summed E-state index contributed by atoms with van der Waals surface area (Å²) in [5, 5.41) is 1.50. The van der Waals surface area contributed by atoms with Crippen LogP contribution in [0.15, 0.2) is 55.4 Å². The number of aromatic nitrogens is 2. The highest BCUT2D eigenvalue weighted by molar-refractivity contribution is 6.31. The van der Waals surface area contributed by atoms with E-state index in [1.165, 1.54) is 0 Å². The van der Waals surface area contributed by atoms with Crippen molar-refractivity contribution in [3.8, 4) is 11.5 Å². The fourth-order valence-corrected chi connectivity index (χ4v) is 4.45. The van der Waals surface area contributed by atoms with E-state index in [1.54, 1.807) is 18.5 Å². The number of para-hydroxylation sites is 1. The van der Waals surface area contributed by atoms with Gasteiger partial charge in [0, 0.05) is 49.2 Å². The molecule has 7 heteroatoms. The second kappa shape index (κ2) is 11.6. The Balaban J connectivity index is 1.61. The van der Waals surface area contributed by atoms with Crippen molar-refractivity contribution in [2.24, 2.45) is 0 Å². The largest absolute Gasteiger partial charge is 0.489 e. The maximum absolute atomic E-state index is 6.51. The Morgan fingerprint density at radius 3 is 2.83 bits per heavy atom. The number of ether oxygens (including phenoxy) is 3. The number of fused-ring (bicyclic) bond motifs is 1. The maximum atomic E-state index is 6.51. The lowest BCUT2D eigenvalue weighted by Crippen LogP contribution is -2.26. The van der Waals surface area contributed by atoms with Gasteiger partial charge in [-0.3, -0.25) is 4.98 Å². The maximum Gasteiger partial charge on any atom is 0.146 e. The molecule has 0 spiro atoms. The first-order valence-electron chi connectivity index (χ1n) is 11.9. The number of allylic oxidation sites excluding steroid dienone is 2. The first-order valence-corrected chi connectivity index (χ1v) is 12.3. The van der Waals surface area contributed by atoms with E-state index in [0.717, 1.165) is 59.3 Å². The van der Waals surface area contributed by atoms with Crippen LogP contribution in [0.25, 0.3) is 16.6 Å². The van der Waals surface area contributed by atoms with Crippen molar-refractivity contribution in [3.05, 3.63) is 77.2 Å². The van der Waals surface area contributed by atoms with Crippen LogP contribution in [0, 0.1) is 6.92 Å². The van der Waals surface area contributed by atoms with E-state index in [1.807, 2.05) is 39.2 Å². The minimum atomic E-state index is 0.0923. The molecule has 1 saturated heterocycles. The van der Waals surface area contributed by atoms with Crippen LogP contribution >= 0.6 is 11.6 Å². The average Bonchev–Trinajstić information content (AvgIpc) is 2.85. The molecule has 3 heterocycles. The molecule has 6 nitrogen and oxygen atoms in total. The molecule has 2 aromatic heterocycles.